The minimum absolute atomic E-state index is 0.217. The summed E-state index contributed by atoms with van der Waals surface area (Å²) in [6.07, 6.45) is 12.0. The second-order valence-corrected chi connectivity index (χ2v) is 7.02. The lowest BCUT2D eigenvalue weighted by Crippen LogP contribution is -2.26. The summed E-state index contributed by atoms with van der Waals surface area (Å²) in [5.41, 5.74) is 3.80. The molecule has 0 saturated carbocycles. The van der Waals surface area contributed by atoms with Crippen LogP contribution in [0.15, 0.2) is 34.9 Å². The van der Waals surface area contributed by atoms with E-state index in [0.29, 0.717) is 0 Å². The van der Waals surface area contributed by atoms with Gasteiger partial charge in [-0.2, -0.15) is 0 Å². The van der Waals surface area contributed by atoms with Gasteiger partial charge in [0.2, 0.25) is 0 Å². The van der Waals surface area contributed by atoms with Gasteiger partial charge in [-0.05, 0) is 67.2 Å². The van der Waals surface area contributed by atoms with Gasteiger partial charge < -0.3 is 4.74 Å². The molecule has 0 heterocycles. The molecule has 2 heteroatoms. The molecule has 0 atom stereocenters. The number of carbonyl (C=O) groups is 1. The number of carbonyl (C=O) groups excluding carboxylic acids is 1. The fourth-order valence-corrected chi connectivity index (χ4v) is 2.19. The average Bonchev–Trinajstić information content (AvgIpc) is 2.34. The Bertz CT molecular complexity index is 433. The standard InChI is InChI=1S/C20H34O2/c1-16(2)10-8-11-17(3)12-9-13-18(4)14-15-20(6,7)22-19(5)21/h10,12,14H,8-9,11,13,15H2,1-7H3. The number of allylic oxidation sites excluding steroid dienone is 5. The van der Waals surface area contributed by atoms with Crippen LogP contribution < -0.4 is 0 Å². The van der Waals surface area contributed by atoms with Crippen LogP contribution in [0.4, 0.5) is 0 Å². The van der Waals surface area contributed by atoms with Crippen LogP contribution in [0.1, 0.15) is 80.6 Å². The highest BCUT2D eigenvalue weighted by Crippen LogP contribution is 2.18. The molecule has 0 N–H and O–H groups in total. The summed E-state index contributed by atoms with van der Waals surface area (Å²) in [4.78, 5) is 11.0. The summed E-state index contributed by atoms with van der Waals surface area (Å²) in [5, 5.41) is 0. The fraction of sp³-hybridized carbons (Fsp3) is 0.650. The van der Waals surface area contributed by atoms with E-state index in [1.165, 1.54) is 23.6 Å². The van der Waals surface area contributed by atoms with E-state index in [4.69, 9.17) is 4.74 Å². The van der Waals surface area contributed by atoms with E-state index >= 15 is 0 Å². The number of hydrogen-bond acceptors (Lipinski definition) is 2. The molecule has 0 aliphatic rings. The predicted octanol–water partition coefficient (Wildman–Crippen LogP) is 6.14. The van der Waals surface area contributed by atoms with Crippen molar-refractivity contribution in [1.29, 1.82) is 0 Å². The molecule has 0 aromatic rings. The fourth-order valence-electron chi connectivity index (χ4n) is 2.19. The first kappa shape index (κ1) is 20.7. The van der Waals surface area contributed by atoms with Crippen LogP contribution in [0.3, 0.4) is 0 Å². The molecule has 0 aromatic carbocycles. The molecule has 2 nitrogen and oxygen atoms in total. The number of ether oxygens (including phenoxy) is 1. The Balaban J connectivity index is 4.16. The lowest BCUT2D eigenvalue weighted by molar-refractivity contribution is -0.153. The second kappa shape index (κ2) is 10.4. The zero-order chi connectivity index (χ0) is 17.2. The molecule has 0 rings (SSSR count). The summed E-state index contributed by atoms with van der Waals surface area (Å²) < 4.78 is 5.29. The lowest BCUT2D eigenvalue weighted by Gasteiger charge is -2.23. The number of rotatable bonds is 9. The van der Waals surface area contributed by atoms with E-state index in [0.717, 1.165) is 32.1 Å². The Hall–Kier alpha value is -1.31. The Morgan fingerprint density at radius 3 is 1.86 bits per heavy atom. The van der Waals surface area contributed by atoms with Crippen molar-refractivity contribution < 1.29 is 9.53 Å². The van der Waals surface area contributed by atoms with Gasteiger partial charge in [0, 0.05) is 13.3 Å². The third-order valence-corrected chi connectivity index (χ3v) is 3.48. The van der Waals surface area contributed by atoms with Gasteiger partial charge in [0.15, 0.2) is 0 Å². The summed E-state index contributed by atoms with van der Waals surface area (Å²) in [6, 6.07) is 0. The van der Waals surface area contributed by atoms with Crippen molar-refractivity contribution >= 4 is 5.97 Å². The predicted molar refractivity (Wildman–Crippen MR) is 95.9 cm³/mol. The highest BCUT2D eigenvalue weighted by Gasteiger charge is 2.19. The SMILES string of the molecule is CC(=O)OC(C)(C)CC=C(C)CCC=C(C)CCC=C(C)C. The van der Waals surface area contributed by atoms with Gasteiger partial charge in [-0.15, -0.1) is 0 Å². The van der Waals surface area contributed by atoms with E-state index in [-0.39, 0.29) is 5.97 Å². The quantitative estimate of drug-likeness (QED) is 0.378. The molecule has 0 amide bonds. The zero-order valence-electron chi connectivity index (χ0n) is 15.6. The maximum atomic E-state index is 11.0. The molecular weight excluding hydrogens is 272 g/mol. The third-order valence-electron chi connectivity index (χ3n) is 3.48. The van der Waals surface area contributed by atoms with Crippen LogP contribution in [-0.4, -0.2) is 11.6 Å². The van der Waals surface area contributed by atoms with Crippen molar-refractivity contribution in [3.63, 3.8) is 0 Å². The van der Waals surface area contributed by atoms with Crippen LogP contribution in [0.25, 0.3) is 0 Å². The molecule has 0 fully saturated rings. The first-order valence-corrected chi connectivity index (χ1v) is 8.26. The maximum absolute atomic E-state index is 11.0. The first-order valence-electron chi connectivity index (χ1n) is 8.26. The van der Waals surface area contributed by atoms with Gasteiger partial charge in [0.1, 0.15) is 5.60 Å². The van der Waals surface area contributed by atoms with Gasteiger partial charge in [0.25, 0.3) is 0 Å². The Kier molecular flexibility index (Phi) is 9.80. The van der Waals surface area contributed by atoms with Gasteiger partial charge in [-0.25, -0.2) is 0 Å². The molecule has 0 radical (unpaired) electrons. The normalized spacial score (nSPS) is 13.0. The van der Waals surface area contributed by atoms with E-state index in [1.54, 1.807) is 0 Å². The topological polar surface area (TPSA) is 26.3 Å². The molecule has 22 heavy (non-hydrogen) atoms. The maximum Gasteiger partial charge on any atom is 0.303 e. The summed E-state index contributed by atoms with van der Waals surface area (Å²) in [5.74, 6) is -0.217. The van der Waals surface area contributed by atoms with Gasteiger partial charge in [-0.3, -0.25) is 4.79 Å². The van der Waals surface area contributed by atoms with Gasteiger partial charge >= 0.3 is 5.97 Å². The van der Waals surface area contributed by atoms with Crippen molar-refractivity contribution in [3.05, 3.63) is 34.9 Å². The minimum atomic E-state index is -0.413. The lowest BCUT2D eigenvalue weighted by atomic mass is 10.0. The van der Waals surface area contributed by atoms with E-state index in [9.17, 15) is 4.79 Å². The van der Waals surface area contributed by atoms with E-state index in [1.807, 2.05) is 13.8 Å². The summed E-state index contributed by atoms with van der Waals surface area (Å²) >= 11 is 0. The van der Waals surface area contributed by atoms with Crippen molar-refractivity contribution in [1.82, 2.24) is 0 Å². The van der Waals surface area contributed by atoms with Crippen molar-refractivity contribution in [3.8, 4) is 0 Å². The molecule has 0 aliphatic heterocycles. The average molecular weight is 306 g/mol. The smallest absolute Gasteiger partial charge is 0.303 e. The number of esters is 1. The van der Waals surface area contributed by atoms with Crippen molar-refractivity contribution in [2.75, 3.05) is 0 Å². The van der Waals surface area contributed by atoms with Gasteiger partial charge in [0.05, 0.1) is 0 Å². The largest absolute Gasteiger partial charge is 0.460 e. The molecule has 0 saturated heterocycles. The molecule has 0 aromatic heterocycles. The Morgan fingerprint density at radius 2 is 1.36 bits per heavy atom. The first-order chi connectivity index (χ1) is 10.1. The van der Waals surface area contributed by atoms with Crippen molar-refractivity contribution in [2.45, 2.75) is 86.2 Å². The second-order valence-electron chi connectivity index (χ2n) is 7.02. The molecular formula is C20H34O2. The van der Waals surface area contributed by atoms with E-state index < -0.39 is 5.60 Å². The van der Waals surface area contributed by atoms with Crippen LogP contribution in [-0.2, 0) is 9.53 Å². The molecule has 0 bridgehead atoms. The zero-order valence-corrected chi connectivity index (χ0v) is 15.6. The van der Waals surface area contributed by atoms with Crippen molar-refractivity contribution in [2.24, 2.45) is 0 Å². The monoisotopic (exact) mass is 306 g/mol. The van der Waals surface area contributed by atoms with Gasteiger partial charge in [-0.1, -0.05) is 34.9 Å². The minimum Gasteiger partial charge on any atom is -0.460 e. The highest BCUT2D eigenvalue weighted by atomic mass is 16.6. The molecule has 0 unspecified atom stereocenters. The summed E-state index contributed by atoms with van der Waals surface area (Å²) in [7, 11) is 0. The van der Waals surface area contributed by atoms with E-state index in [2.05, 4.69) is 45.9 Å². The summed E-state index contributed by atoms with van der Waals surface area (Å²) in [6.45, 7) is 14.0. The highest BCUT2D eigenvalue weighted by molar-refractivity contribution is 5.66. The molecule has 0 aliphatic carbocycles. The number of hydrogen-bond donors (Lipinski definition) is 0. The van der Waals surface area contributed by atoms with Crippen LogP contribution in [0, 0.1) is 0 Å². The van der Waals surface area contributed by atoms with Crippen LogP contribution in [0.2, 0.25) is 0 Å². The molecule has 0 spiro atoms. The third kappa shape index (κ3) is 12.4. The molecule has 126 valence electrons. The van der Waals surface area contributed by atoms with Crippen LogP contribution in [0.5, 0.6) is 0 Å². The Morgan fingerprint density at radius 1 is 0.864 bits per heavy atom. The van der Waals surface area contributed by atoms with Crippen LogP contribution >= 0.6 is 0 Å². The Labute approximate surface area is 137 Å².